The Hall–Kier alpha value is -2.25. The Labute approximate surface area is 140 Å². The number of carboxylic acid groups (broad SMARTS) is 1. The zero-order valence-electron chi connectivity index (χ0n) is 11.1. The molecule has 0 fully saturated rings. The number of rotatable bonds is 3. The number of nitrogens with one attached hydrogen (secondary N) is 2. The van der Waals surface area contributed by atoms with Gasteiger partial charge < -0.3 is 15.2 Å². The SMILES string of the molecule is O=C([O-])c1ccc(NC(=S)NC(=O)c2ccccc2Br)cc1. The van der Waals surface area contributed by atoms with E-state index in [0.717, 1.165) is 0 Å². The van der Waals surface area contributed by atoms with Gasteiger partial charge in [0.2, 0.25) is 0 Å². The van der Waals surface area contributed by atoms with Gasteiger partial charge in [0.1, 0.15) is 0 Å². The second kappa shape index (κ2) is 7.15. The fraction of sp³-hybridized carbons (Fsp3) is 0. The van der Waals surface area contributed by atoms with Gasteiger partial charge in [-0.25, -0.2) is 0 Å². The third-order valence-electron chi connectivity index (χ3n) is 2.72. The monoisotopic (exact) mass is 377 g/mol. The smallest absolute Gasteiger partial charge is 0.258 e. The summed E-state index contributed by atoms with van der Waals surface area (Å²) in [5, 5.41) is 16.1. The highest BCUT2D eigenvalue weighted by Gasteiger charge is 2.10. The van der Waals surface area contributed by atoms with E-state index in [2.05, 4.69) is 26.6 Å². The highest BCUT2D eigenvalue weighted by Crippen LogP contribution is 2.15. The van der Waals surface area contributed by atoms with Gasteiger partial charge in [0.15, 0.2) is 5.11 Å². The van der Waals surface area contributed by atoms with Gasteiger partial charge in [0, 0.05) is 10.2 Å². The van der Waals surface area contributed by atoms with E-state index in [1.54, 1.807) is 24.3 Å². The summed E-state index contributed by atoms with van der Waals surface area (Å²) < 4.78 is 0.661. The van der Waals surface area contributed by atoms with Crippen molar-refractivity contribution < 1.29 is 14.7 Å². The van der Waals surface area contributed by atoms with Crippen molar-refractivity contribution >= 4 is 50.8 Å². The number of amides is 1. The lowest BCUT2D eigenvalue weighted by atomic mass is 10.2. The fourth-order valence-electron chi connectivity index (χ4n) is 1.67. The van der Waals surface area contributed by atoms with Crippen LogP contribution in [0.3, 0.4) is 0 Å². The minimum absolute atomic E-state index is 0.0636. The van der Waals surface area contributed by atoms with Crippen molar-refractivity contribution in [3.63, 3.8) is 0 Å². The second-order valence-corrected chi connectivity index (χ2v) is 5.52. The lowest BCUT2D eigenvalue weighted by molar-refractivity contribution is -0.255. The quantitative estimate of drug-likeness (QED) is 0.798. The molecule has 0 saturated carbocycles. The molecule has 1 amide bonds. The summed E-state index contributed by atoms with van der Waals surface area (Å²) in [6, 6.07) is 12.8. The van der Waals surface area contributed by atoms with Crippen LogP contribution >= 0.6 is 28.1 Å². The third-order valence-corrected chi connectivity index (χ3v) is 3.62. The van der Waals surface area contributed by atoms with E-state index in [0.29, 0.717) is 15.7 Å². The van der Waals surface area contributed by atoms with Crippen LogP contribution in [0.2, 0.25) is 0 Å². The molecule has 0 bridgehead atoms. The molecule has 0 radical (unpaired) electrons. The summed E-state index contributed by atoms with van der Waals surface area (Å²) in [7, 11) is 0. The molecule has 22 heavy (non-hydrogen) atoms. The van der Waals surface area contributed by atoms with Crippen molar-refractivity contribution in [2.24, 2.45) is 0 Å². The van der Waals surface area contributed by atoms with E-state index < -0.39 is 5.97 Å². The van der Waals surface area contributed by atoms with Gasteiger partial charge in [0.25, 0.3) is 5.91 Å². The van der Waals surface area contributed by atoms with Gasteiger partial charge in [0.05, 0.1) is 11.5 Å². The number of thiocarbonyl (C=S) groups is 1. The zero-order chi connectivity index (χ0) is 16.1. The van der Waals surface area contributed by atoms with Crippen molar-refractivity contribution in [1.82, 2.24) is 5.32 Å². The number of carboxylic acids is 1. The summed E-state index contributed by atoms with van der Waals surface area (Å²) in [4.78, 5) is 22.7. The Morgan fingerprint density at radius 1 is 1.05 bits per heavy atom. The van der Waals surface area contributed by atoms with Gasteiger partial charge in [-0.3, -0.25) is 10.1 Å². The first-order chi connectivity index (χ1) is 10.5. The van der Waals surface area contributed by atoms with Crippen LogP contribution < -0.4 is 15.7 Å². The Kier molecular flexibility index (Phi) is 5.24. The van der Waals surface area contributed by atoms with Gasteiger partial charge in [-0.1, -0.05) is 24.3 Å². The number of carbonyl (C=O) groups excluding carboxylic acids is 2. The molecule has 0 aliphatic carbocycles. The first kappa shape index (κ1) is 16.1. The average Bonchev–Trinajstić information content (AvgIpc) is 2.48. The highest BCUT2D eigenvalue weighted by molar-refractivity contribution is 9.10. The molecule has 5 nitrogen and oxygen atoms in total. The summed E-state index contributed by atoms with van der Waals surface area (Å²) in [6.45, 7) is 0. The van der Waals surface area contributed by atoms with Crippen molar-refractivity contribution in [1.29, 1.82) is 0 Å². The molecule has 0 atom stereocenters. The molecule has 2 aromatic rings. The van der Waals surface area contributed by atoms with Gasteiger partial charge in [-0.15, -0.1) is 0 Å². The first-order valence-electron chi connectivity index (χ1n) is 6.15. The molecule has 0 heterocycles. The molecule has 0 aliphatic heterocycles. The van der Waals surface area contributed by atoms with Gasteiger partial charge in [-0.2, -0.15) is 0 Å². The second-order valence-electron chi connectivity index (χ2n) is 4.25. The Morgan fingerprint density at radius 2 is 1.68 bits per heavy atom. The van der Waals surface area contributed by atoms with Gasteiger partial charge >= 0.3 is 0 Å². The van der Waals surface area contributed by atoms with Crippen LogP contribution in [-0.4, -0.2) is 17.0 Å². The number of hydrogen-bond donors (Lipinski definition) is 2. The molecular formula is C15H10BrN2O3S-. The number of halogens is 1. The van der Waals surface area contributed by atoms with Crippen LogP contribution in [0.4, 0.5) is 5.69 Å². The van der Waals surface area contributed by atoms with Crippen LogP contribution in [0.25, 0.3) is 0 Å². The Morgan fingerprint density at radius 3 is 2.27 bits per heavy atom. The van der Waals surface area contributed by atoms with E-state index >= 15 is 0 Å². The maximum Gasteiger partial charge on any atom is 0.258 e. The van der Waals surface area contributed by atoms with Crippen molar-refractivity contribution in [3.05, 3.63) is 64.1 Å². The van der Waals surface area contributed by atoms with Crippen LogP contribution in [0.5, 0.6) is 0 Å². The van der Waals surface area contributed by atoms with Crippen LogP contribution in [0, 0.1) is 0 Å². The maximum absolute atomic E-state index is 12.1. The molecule has 0 aliphatic rings. The van der Waals surface area contributed by atoms with Crippen molar-refractivity contribution in [2.45, 2.75) is 0 Å². The van der Waals surface area contributed by atoms with Crippen LogP contribution in [0.1, 0.15) is 20.7 Å². The minimum Gasteiger partial charge on any atom is -0.545 e. The van der Waals surface area contributed by atoms with Crippen molar-refractivity contribution in [2.75, 3.05) is 5.32 Å². The summed E-state index contributed by atoms with van der Waals surface area (Å²) in [5.74, 6) is -1.60. The molecule has 0 saturated heterocycles. The first-order valence-corrected chi connectivity index (χ1v) is 7.36. The van der Waals surface area contributed by atoms with E-state index in [4.69, 9.17) is 12.2 Å². The number of carbonyl (C=O) groups is 2. The fourth-order valence-corrected chi connectivity index (χ4v) is 2.34. The average molecular weight is 378 g/mol. The van der Waals surface area contributed by atoms with Crippen molar-refractivity contribution in [3.8, 4) is 0 Å². The molecule has 112 valence electrons. The van der Waals surface area contributed by atoms with E-state index in [-0.39, 0.29) is 16.6 Å². The topological polar surface area (TPSA) is 81.3 Å². The Balaban J connectivity index is 1.99. The maximum atomic E-state index is 12.1. The number of aromatic carboxylic acids is 1. The van der Waals surface area contributed by atoms with Gasteiger partial charge in [-0.05, 0) is 58.0 Å². The zero-order valence-corrected chi connectivity index (χ0v) is 13.5. The molecule has 0 aromatic heterocycles. The highest BCUT2D eigenvalue weighted by atomic mass is 79.9. The largest absolute Gasteiger partial charge is 0.545 e. The van der Waals surface area contributed by atoms with E-state index in [9.17, 15) is 14.7 Å². The summed E-state index contributed by atoms with van der Waals surface area (Å²) in [5.41, 5.74) is 1.08. The predicted octanol–water partition coefficient (Wildman–Crippen LogP) is 1.94. The predicted molar refractivity (Wildman–Crippen MR) is 88.6 cm³/mol. The lowest BCUT2D eigenvalue weighted by Crippen LogP contribution is -2.34. The molecule has 0 unspecified atom stereocenters. The molecule has 2 N–H and O–H groups in total. The lowest BCUT2D eigenvalue weighted by Gasteiger charge is -2.11. The summed E-state index contributed by atoms with van der Waals surface area (Å²) >= 11 is 8.34. The molecule has 7 heteroatoms. The Bertz CT molecular complexity index is 732. The minimum atomic E-state index is -1.25. The van der Waals surface area contributed by atoms with E-state index in [1.807, 2.05) is 0 Å². The standard InChI is InChI=1S/C15H11BrN2O3S/c16-12-4-2-1-3-11(12)13(19)18-15(22)17-10-7-5-9(6-8-10)14(20)21/h1-8H,(H,20,21)(H2,17,18,19,22)/p-1. The summed E-state index contributed by atoms with van der Waals surface area (Å²) in [6.07, 6.45) is 0. The number of anilines is 1. The van der Waals surface area contributed by atoms with Crippen LogP contribution in [0.15, 0.2) is 53.0 Å². The molecular weight excluding hydrogens is 368 g/mol. The normalized spacial score (nSPS) is 9.86. The number of hydrogen-bond acceptors (Lipinski definition) is 4. The molecule has 2 aromatic carbocycles. The van der Waals surface area contributed by atoms with Crippen LogP contribution in [-0.2, 0) is 0 Å². The molecule has 0 spiro atoms. The van der Waals surface area contributed by atoms with E-state index in [1.165, 1.54) is 24.3 Å². The molecule has 2 rings (SSSR count). The number of benzene rings is 2. The third kappa shape index (κ3) is 4.12.